The molecule has 1 heterocycles. The minimum Gasteiger partial charge on any atom is -0.391 e. The van der Waals surface area contributed by atoms with Crippen molar-refractivity contribution in [2.24, 2.45) is 0 Å². The van der Waals surface area contributed by atoms with Crippen molar-refractivity contribution in [1.29, 1.82) is 0 Å². The van der Waals surface area contributed by atoms with Crippen LogP contribution in [-0.4, -0.2) is 35.7 Å². The summed E-state index contributed by atoms with van der Waals surface area (Å²) in [6, 6.07) is -0.0622. The summed E-state index contributed by atoms with van der Waals surface area (Å²) in [5.41, 5.74) is 0. The molecule has 2 fully saturated rings. The zero-order valence-electron chi connectivity index (χ0n) is 10.2. The number of nitrogens with one attached hydrogen (secondary N) is 2. The quantitative estimate of drug-likeness (QED) is 0.695. The first kappa shape index (κ1) is 14.7. The second-order valence-electron chi connectivity index (χ2n) is 4.97. The minimum atomic E-state index is -0.346. The predicted molar refractivity (Wildman–Crippen MR) is 69.3 cm³/mol. The Morgan fingerprint density at radius 3 is 2.47 bits per heavy atom. The molecule has 17 heavy (non-hydrogen) atoms. The molecule has 0 aromatic rings. The van der Waals surface area contributed by atoms with Crippen molar-refractivity contribution in [3.05, 3.63) is 0 Å². The number of aliphatic hydroxyl groups excluding tert-OH is 1. The Morgan fingerprint density at radius 2 is 1.82 bits per heavy atom. The van der Waals surface area contributed by atoms with E-state index < -0.39 is 0 Å². The Labute approximate surface area is 109 Å². The number of amides is 1. The molecule has 1 saturated heterocycles. The van der Waals surface area contributed by atoms with Gasteiger partial charge in [-0.05, 0) is 32.2 Å². The van der Waals surface area contributed by atoms with Crippen LogP contribution in [0.1, 0.15) is 44.9 Å². The number of aliphatic hydroxyl groups is 1. The molecule has 0 unspecified atom stereocenters. The molecule has 0 spiro atoms. The van der Waals surface area contributed by atoms with Crippen molar-refractivity contribution in [2.75, 3.05) is 6.54 Å². The molecule has 100 valence electrons. The molecule has 2 rings (SSSR count). The van der Waals surface area contributed by atoms with E-state index in [4.69, 9.17) is 0 Å². The third-order valence-electron chi connectivity index (χ3n) is 3.68. The molecule has 1 saturated carbocycles. The van der Waals surface area contributed by atoms with Crippen LogP contribution in [0, 0.1) is 0 Å². The van der Waals surface area contributed by atoms with Gasteiger partial charge in [0.15, 0.2) is 0 Å². The number of rotatable bonds is 2. The molecule has 3 N–H and O–H groups in total. The lowest BCUT2D eigenvalue weighted by Crippen LogP contribution is -2.53. The van der Waals surface area contributed by atoms with Crippen molar-refractivity contribution in [2.45, 2.75) is 63.1 Å². The van der Waals surface area contributed by atoms with Crippen LogP contribution in [0.3, 0.4) is 0 Å². The topological polar surface area (TPSA) is 61.4 Å². The summed E-state index contributed by atoms with van der Waals surface area (Å²) >= 11 is 0. The average Bonchev–Trinajstić information content (AvgIpc) is 2.33. The molecule has 0 aromatic carbocycles. The first-order valence-corrected chi connectivity index (χ1v) is 6.49. The van der Waals surface area contributed by atoms with E-state index >= 15 is 0 Å². The van der Waals surface area contributed by atoms with Gasteiger partial charge in [-0.1, -0.05) is 19.3 Å². The van der Waals surface area contributed by atoms with Crippen molar-refractivity contribution < 1.29 is 9.90 Å². The van der Waals surface area contributed by atoms with Crippen LogP contribution in [0.15, 0.2) is 0 Å². The number of halogens is 1. The van der Waals surface area contributed by atoms with Gasteiger partial charge in [-0.3, -0.25) is 4.79 Å². The maximum atomic E-state index is 11.9. The van der Waals surface area contributed by atoms with Crippen molar-refractivity contribution in [3.8, 4) is 0 Å². The van der Waals surface area contributed by atoms with E-state index in [0.717, 1.165) is 51.5 Å². The number of piperidine rings is 1. The first-order valence-electron chi connectivity index (χ1n) is 6.49. The van der Waals surface area contributed by atoms with E-state index in [1.165, 1.54) is 0 Å². The van der Waals surface area contributed by atoms with Gasteiger partial charge in [0.05, 0.1) is 18.2 Å². The Morgan fingerprint density at radius 1 is 1.12 bits per heavy atom. The summed E-state index contributed by atoms with van der Waals surface area (Å²) in [7, 11) is 0. The van der Waals surface area contributed by atoms with E-state index in [1.807, 2.05) is 0 Å². The van der Waals surface area contributed by atoms with E-state index in [1.54, 1.807) is 0 Å². The lowest BCUT2D eigenvalue weighted by atomic mass is 9.92. The summed E-state index contributed by atoms with van der Waals surface area (Å²) in [5.74, 6) is 0.0747. The number of carbonyl (C=O) groups is 1. The fraction of sp³-hybridized carbons (Fsp3) is 0.917. The molecule has 4 nitrogen and oxygen atoms in total. The molecule has 5 heteroatoms. The minimum absolute atomic E-state index is 0. The second kappa shape index (κ2) is 7.19. The van der Waals surface area contributed by atoms with Gasteiger partial charge in [0, 0.05) is 0 Å². The highest BCUT2D eigenvalue weighted by atomic mass is 35.5. The fourth-order valence-electron chi connectivity index (χ4n) is 2.64. The molecule has 2 aliphatic rings. The molecule has 3 atom stereocenters. The van der Waals surface area contributed by atoms with E-state index in [2.05, 4.69) is 10.6 Å². The van der Waals surface area contributed by atoms with Crippen LogP contribution in [0.5, 0.6) is 0 Å². The van der Waals surface area contributed by atoms with Crippen LogP contribution in [0.2, 0.25) is 0 Å². The van der Waals surface area contributed by atoms with Crippen molar-refractivity contribution in [1.82, 2.24) is 10.6 Å². The summed E-state index contributed by atoms with van der Waals surface area (Å²) in [6.07, 6.45) is 6.79. The van der Waals surface area contributed by atoms with Crippen LogP contribution in [0.25, 0.3) is 0 Å². The smallest absolute Gasteiger partial charge is 0.237 e. The van der Waals surface area contributed by atoms with Gasteiger partial charge in [0.2, 0.25) is 5.91 Å². The molecule has 1 aliphatic heterocycles. The largest absolute Gasteiger partial charge is 0.391 e. The van der Waals surface area contributed by atoms with Crippen molar-refractivity contribution in [3.63, 3.8) is 0 Å². The molecule has 1 amide bonds. The summed E-state index contributed by atoms with van der Waals surface area (Å²) in [4.78, 5) is 11.9. The average molecular weight is 263 g/mol. The summed E-state index contributed by atoms with van der Waals surface area (Å²) < 4.78 is 0. The molecule has 0 bridgehead atoms. The molecule has 0 aromatic heterocycles. The Kier molecular flexibility index (Phi) is 6.23. The first-order chi connectivity index (χ1) is 7.77. The standard InChI is InChI=1S/C12H22N2O2.ClH/c15-11-7-2-1-5-9(11)14-12(16)10-6-3-4-8-13-10;/h9-11,13,15H,1-8H2,(H,14,16);1H/t9-,10-,11-;/m0./s1. The Balaban J connectivity index is 0.00000144. The zero-order chi connectivity index (χ0) is 11.4. The van der Waals surface area contributed by atoms with Crippen LogP contribution >= 0.6 is 12.4 Å². The van der Waals surface area contributed by atoms with Gasteiger partial charge in [0.25, 0.3) is 0 Å². The number of hydrogen-bond acceptors (Lipinski definition) is 3. The third-order valence-corrected chi connectivity index (χ3v) is 3.68. The van der Waals surface area contributed by atoms with E-state index in [0.29, 0.717) is 0 Å². The summed E-state index contributed by atoms with van der Waals surface area (Å²) in [5, 5.41) is 16.0. The Bertz CT molecular complexity index is 245. The highest BCUT2D eigenvalue weighted by Crippen LogP contribution is 2.18. The highest BCUT2D eigenvalue weighted by Gasteiger charge is 2.28. The lowest BCUT2D eigenvalue weighted by molar-refractivity contribution is -0.125. The SMILES string of the molecule is Cl.O=C(N[C@H]1CCCC[C@@H]1O)[C@@H]1CCCCN1. The number of hydrogen-bond donors (Lipinski definition) is 3. The highest BCUT2D eigenvalue weighted by molar-refractivity contribution is 5.85. The zero-order valence-corrected chi connectivity index (χ0v) is 11.0. The Hall–Kier alpha value is -0.320. The molecular weight excluding hydrogens is 240 g/mol. The van der Waals surface area contributed by atoms with E-state index in [-0.39, 0.29) is 36.5 Å². The van der Waals surface area contributed by atoms with Crippen molar-refractivity contribution >= 4 is 18.3 Å². The predicted octanol–water partition coefficient (Wildman–Crippen LogP) is 0.970. The van der Waals surface area contributed by atoms with Crippen LogP contribution < -0.4 is 10.6 Å². The third kappa shape index (κ3) is 4.12. The second-order valence-corrected chi connectivity index (χ2v) is 4.97. The number of carbonyl (C=O) groups excluding carboxylic acids is 1. The molecule has 1 aliphatic carbocycles. The lowest BCUT2D eigenvalue weighted by Gasteiger charge is -2.31. The maximum absolute atomic E-state index is 11.9. The fourth-order valence-corrected chi connectivity index (χ4v) is 2.64. The normalized spacial score (nSPS) is 33.6. The van der Waals surface area contributed by atoms with Gasteiger partial charge < -0.3 is 15.7 Å². The van der Waals surface area contributed by atoms with Crippen LogP contribution in [-0.2, 0) is 4.79 Å². The molecular formula is C12H23ClN2O2. The van der Waals surface area contributed by atoms with Gasteiger partial charge in [0.1, 0.15) is 0 Å². The van der Waals surface area contributed by atoms with Gasteiger partial charge in [-0.15, -0.1) is 12.4 Å². The van der Waals surface area contributed by atoms with Crippen LogP contribution in [0.4, 0.5) is 0 Å². The van der Waals surface area contributed by atoms with Gasteiger partial charge >= 0.3 is 0 Å². The monoisotopic (exact) mass is 262 g/mol. The molecule has 0 radical (unpaired) electrons. The van der Waals surface area contributed by atoms with E-state index in [9.17, 15) is 9.90 Å². The maximum Gasteiger partial charge on any atom is 0.237 e. The summed E-state index contributed by atoms with van der Waals surface area (Å²) in [6.45, 7) is 0.936. The van der Waals surface area contributed by atoms with Gasteiger partial charge in [-0.2, -0.15) is 0 Å². The van der Waals surface area contributed by atoms with Gasteiger partial charge in [-0.25, -0.2) is 0 Å².